The molecule has 1 unspecified atom stereocenters. The summed E-state index contributed by atoms with van der Waals surface area (Å²) < 4.78 is 0. The molecule has 0 spiro atoms. The van der Waals surface area contributed by atoms with Crippen molar-refractivity contribution in [3.63, 3.8) is 0 Å². The Hall–Kier alpha value is -2.64. The molecule has 1 atom stereocenters. The molecule has 0 heterocycles. The first-order chi connectivity index (χ1) is 12.4. The Balaban J connectivity index is 1.92. The molecule has 0 N–H and O–H groups in total. The van der Waals surface area contributed by atoms with Crippen molar-refractivity contribution < 1.29 is 0 Å². The third-order valence-electron chi connectivity index (χ3n) is 4.37. The molecule has 0 aliphatic carbocycles. The maximum atomic E-state index is 2.53. The van der Waals surface area contributed by atoms with Crippen LogP contribution < -0.4 is 0 Å². The second kappa shape index (κ2) is 9.00. The van der Waals surface area contributed by atoms with E-state index in [2.05, 4.69) is 115 Å². The molecule has 0 saturated carbocycles. The predicted octanol–water partition coefficient (Wildman–Crippen LogP) is 6.01. The molecule has 126 valence electrons. The van der Waals surface area contributed by atoms with Gasteiger partial charge in [0.05, 0.1) is 6.04 Å². The van der Waals surface area contributed by atoms with Crippen LogP contribution in [0.1, 0.15) is 29.7 Å². The van der Waals surface area contributed by atoms with Gasteiger partial charge in [-0.25, -0.2) is 0 Å². The molecule has 0 amide bonds. The highest BCUT2D eigenvalue weighted by molar-refractivity contribution is 5.25. The van der Waals surface area contributed by atoms with Gasteiger partial charge in [0.1, 0.15) is 0 Å². The minimum atomic E-state index is 0.256. The second-order valence-electron chi connectivity index (χ2n) is 6.26. The highest BCUT2D eigenvalue weighted by atomic mass is 15.1. The van der Waals surface area contributed by atoms with Crippen molar-refractivity contribution in [1.82, 2.24) is 4.90 Å². The molecule has 0 fully saturated rings. The van der Waals surface area contributed by atoms with Gasteiger partial charge in [-0.3, -0.25) is 4.90 Å². The van der Waals surface area contributed by atoms with Gasteiger partial charge in [0.2, 0.25) is 0 Å². The fourth-order valence-electron chi connectivity index (χ4n) is 3.16. The van der Waals surface area contributed by atoms with E-state index < -0.39 is 0 Å². The van der Waals surface area contributed by atoms with Crippen LogP contribution in [0, 0.1) is 0 Å². The maximum Gasteiger partial charge on any atom is 0.0538 e. The number of nitrogens with zero attached hydrogens (tertiary/aromatic N) is 1. The fraction of sp³-hybridized carbons (Fsp3) is 0.167. The van der Waals surface area contributed by atoms with Crippen LogP contribution in [0.25, 0.3) is 0 Å². The minimum absolute atomic E-state index is 0.256. The topological polar surface area (TPSA) is 3.24 Å². The summed E-state index contributed by atoms with van der Waals surface area (Å²) in [6, 6.07) is 32.4. The van der Waals surface area contributed by atoms with E-state index in [1.807, 2.05) is 0 Å². The van der Waals surface area contributed by atoms with Gasteiger partial charge < -0.3 is 0 Å². The highest BCUT2D eigenvalue weighted by Crippen LogP contribution is 2.26. The van der Waals surface area contributed by atoms with Gasteiger partial charge in [-0.2, -0.15) is 0 Å². The third kappa shape index (κ3) is 4.91. The fourth-order valence-corrected chi connectivity index (χ4v) is 3.16. The van der Waals surface area contributed by atoms with Crippen LogP contribution in [0.4, 0.5) is 0 Å². The summed E-state index contributed by atoms with van der Waals surface area (Å²) in [6.07, 6.45) is 4.45. The summed E-state index contributed by atoms with van der Waals surface area (Å²) in [6.45, 7) is 3.93. The Morgan fingerprint density at radius 3 is 1.56 bits per heavy atom. The van der Waals surface area contributed by atoms with Crippen molar-refractivity contribution in [2.24, 2.45) is 0 Å². The quantitative estimate of drug-likeness (QED) is 0.481. The van der Waals surface area contributed by atoms with E-state index in [-0.39, 0.29) is 6.04 Å². The van der Waals surface area contributed by atoms with Gasteiger partial charge >= 0.3 is 0 Å². The number of rotatable bonds is 7. The molecule has 3 rings (SSSR count). The zero-order valence-corrected chi connectivity index (χ0v) is 14.8. The largest absolute Gasteiger partial charge is 0.284 e. The first kappa shape index (κ1) is 17.2. The van der Waals surface area contributed by atoms with E-state index >= 15 is 0 Å². The van der Waals surface area contributed by atoms with Gasteiger partial charge in [-0.15, -0.1) is 0 Å². The van der Waals surface area contributed by atoms with Crippen molar-refractivity contribution >= 4 is 0 Å². The van der Waals surface area contributed by atoms with Gasteiger partial charge in [-0.1, -0.05) is 103 Å². The molecular weight excluding hydrogens is 302 g/mol. The number of hydrogen-bond acceptors (Lipinski definition) is 1. The first-order valence-electron chi connectivity index (χ1n) is 8.86. The molecule has 1 heteroatoms. The van der Waals surface area contributed by atoms with Crippen molar-refractivity contribution in [1.29, 1.82) is 0 Å². The zero-order chi connectivity index (χ0) is 17.3. The average molecular weight is 327 g/mol. The Morgan fingerprint density at radius 2 is 1.12 bits per heavy atom. The Morgan fingerprint density at radius 1 is 0.680 bits per heavy atom. The van der Waals surface area contributed by atoms with Gasteiger partial charge in [0.25, 0.3) is 0 Å². The monoisotopic (exact) mass is 327 g/mol. The van der Waals surface area contributed by atoms with Crippen molar-refractivity contribution in [2.45, 2.75) is 26.1 Å². The summed E-state index contributed by atoms with van der Waals surface area (Å²) >= 11 is 0. The van der Waals surface area contributed by atoms with E-state index in [9.17, 15) is 0 Å². The lowest BCUT2D eigenvalue weighted by Crippen LogP contribution is -2.27. The van der Waals surface area contributed by atoms with Crippen molar-refractivity contribution in [2.75, 3.05) is 0 Å². The van der Waals surface area contributed by atoms with Crippen molar-refractivity contribution in [3.8, 4) is 0 Å². The molecule has 0 aromatic heterocycles. The molecule has 25 heavy (non-hydrogen) atoms. The van der Waals surface area contributed by atoms with Gasteiger partial charge in [0.15, 0.2) is 0 Å². The predicted molar refractivity (Wildman–Crippen MR) is 106 cm³/mol. The lowest BCUT2D eigenvalue weighted by atomic mass is 10.0. The molecule has 3 aromatic rings. The second-order valence-corrected chi connectivity index (χ2v) is 6.26. The summed E-state index contributed by atoms with van der Waals surface area (Å²) in [5, 5.41) is 0. The van der Waals surface area contributed by atoms with E-state index in [0.717, 1.165) is 13.1 Å². The Kier molecular flexibility index (Phi) is 6.19. The van der Waals surface area contributed by atoms with Crippen LogP contribution in [0.5, 0.6) is 0 Å². The minimum Gasteiger partial charge on any atom is -0.284 e. The smallest absolute Gasteiger partial charge is 0.0538 e. The van der Waals surface area contributed by atoms with E-state index in [0.29, 0.717) is 0 Å². The first-order valence-corrected chi connectivity index (χ1v) is 8.86. The molecule has 0 radical (unpaired) electrons. The lowest BCUT2D eigenvalue weighted by Gasteiger charge is -2.30. The molecule has 3 aromatic carbocycles. The SMILES string of the molecule is CC=CC(c1ccccc1)N(Cc1ccccc1)Cc1ccccc1. The van der Waals surface area contributed by atoms with Crippen molar-refractivity contribution in [3.05, 3.63) is 120 Å². The van der Waals surface area contributed by atoms with Crippen LogP contribution >= 0.6 is 0 Å². The highest BCUT2D eigenvalue weighted by Gasteiger charge is 2.18. The summed E-state index contributed by atoms with van der Waals surface area (Å²) in [5.41, 5.74) is 4.00. The van der Waals surface area contributed by atoms with E-state index in [4.69, 9.17) is 0 Å². The van der Waals surface area contributed by atoms with Crippen LogP contribution in [-0.4, -0.2) is 4.90 Å². The Bertz CT molecular complexity index is 721. The number of allylic oxidation sites excluding steroid dienone is 1. The summed E-state index contributed by atoms with van der Waals surface area (Å²) in [5.74, 6) is 0. The molecule has 1 nitrogen and oxygen atoms in total. The molecule has 0 saturated heterocycles. The molecule has 0 bridgehead atoms. The van der Waals surface area contributed by atoms with Crippen LogP contribution in [-0.2, 0) is 13.1 Å². The van der Waals surface area contributed by atoms with Crippen LogP contribution in [0.15, 0.2) is 103 Å². The lowest BCUT2D eigenvalue weighted by molar-refractivity contribution is 0.212. The number of hydrogen-bond donors (Lipinski definition) is 0. The van der Waals surface area contributed by atoms with Gasteiger partial charge in [-0.05, 0) is 23.6 Å². The van der Waals surface area contributed by atoms with Gasteiger partial charge in [0, 0.05) is 13.1 Å². The maximum absolute atomic E-state index is 2.53. The van der Waals surface area contributed by atoms with Crippen LogP contribution in [0.3, 0.4) is 0 Å². The Labute approximate surface area is 151 Å². The normalized spacial score (nSPS) is 12.6. The third-order valence-corrected chi connectivity index (χ3v) is 4.37. The molecule has 0 aliphatic heterocycles. The summed E-state index contributed by atoms with van der Waals surface area (Å²) in [7, 11) is 0. The standard InChI is InChI=1S/C24H25N/c1-2-12-24(23-17-10-5-11-18-23)25(19-21-13-6-3-7-14-21)20-22-15-8-4-9-16-22/h2-18,24H,19-20H2,1H3. The zero-order valence-electron chi connectivity index (χ0n) is 14.8. The van der Waals surface area contributed by atoms with E-state index in [1.165, 1.54) is 16.7 Å². The molecule has 0 aliphatic rings. The average Bonchev–Trinajstić information content (AvgIpc) is 2.68. The van der Waals surface area contributed by atoms with Crippen LogP contribution in [0.2, 0.25) is 0 Å². The molecular formula is C24H25N. The summed E-state index contributed by atoms with van der Waals surface area (Å²) in [4.78, 5) is 2.53. The number of benzene rings is 3. The van der Waals surface area contributed by atoms with E-state index in [1.54, 1.807) is 0 Å².